The summed E-state index contributed by atoms with van der Waals surface area (Å²) >= 11 is 0. The molecule has 1 heteroatoms. The summed E-state index contributed by atoms with van der Waals surface area (Å²) in [5.74, 6) is 0.913. The van der Waals surface area contributed by atoms with Gasteiger partial charge >= 0.3 is 0 Å². The molecule has 0 heterocycles. The third kappa shape index (κ3) is 1.98. The maximum Gasteiger partial charge on any atom is 0.122 e. The molecule has 0 unspecified atom stereocenters. The monoisotopic (exact) mass is 189 g/mol. The van der Waals surface area contributed by atoms with Crippen LogP contribution in [-0.4, -0.2) is 7.11 Å². The van der Waals surface area contributed by atoms with Crippen LogP contribution in [0.5, 0.6) is 5.75 Å². The van der Waals surface area contributed by atoms with Gasteiger partial charge < -0.3 is 4.74 Å². The first-order valence-electron chi connectivity index (χ1n) is 4.87. The molecule has 0 saturated heterocycles. The van der Waals surface area contributed by atoms with Gasteiger partial charge in [0.25, 0.3) is 0 Å². The van der Waals surface area contributed by atoms with Gasteiger partial charge in [-0.05, 0) is 48.6 Å². The number of methoxy groups -OCH3 is 1. The van der Waals surface area contributed by atoms with Crippen molar-refractivity contribution in [1.82, 2.24) is 0 Å². The maximum absolute atomic E-state index is 5.90. The quantitative estimate of drug-likeness (QED) is 0.706. The topological polar surface area (TPSA) is 9.23 Å². The first kappa shape index (κ1) is 10.8. The molecule has 0 spiro atoms. The summed E-state index contributed by atoms with van der Waals surface area (Å²) in [7, 11) is 1.69. The Bertz CT molecular complexity index is 350. The predicted molar refractivity (Wildman–Crippen MR) is 60.5 cm³/mol. The van der Waals surface area contributed by atoms with Crippen LogP contribution in [0.4, 0.5) is 0 Å². The second kappa shape index (κ2) is 4.32. The van der Waals surface area contributed by atoms with Crippen molar-refractivity contribution in [3.05, 3.63) is 35.4 Å². The van der Waals surface area contributed by atoms with E-state index in [1.54, 1.807) is 7.11 Å². The van der Waals surface area contributed by atoms with Crippen LogP contribution in [0.25, 0.3) is 5.57 Å². The van der Waals surface area contributed by atoms with Gasteiger partial charge in [0, 0.05) is 0 Å². The van der Waals surface area contributed by atoms with E-state index in [1.165, 1.54) is 11.1 Å². The minimum atomic E-state index is 0.867. The van der Waals surface area contributed by atoms with Crippen molar-refractivity contribution in [2.45, 2.75) is 27.2 Å². The molecular formula is C13H17O. The smallest absolute Gasteiger partial charge is 0.122 e. The number of rotatable bonds is 3. The zero-order valence-electron chi connectivity index (χ0n) is 9.35. The lowest BCUT2D eigenvalue weighted by Gasteiger charge is -2.11. The van der Waals surface area contributed by atoms with E-state index in [4.69, 9.17) is 11.3 Å². The molecular weight excluding hydrogens is 172 g/mol. The standard InChI is InChI=1S/C13H17O/c1-6-9(2)12-7-10(3)11(4)13(8-12)14-5/h2,7-8H,6H2,1,3-5H3. The zero-order valence-corrected chi connectivity index (χ0v) is 9.35. The molecule has 0 aliphatic heterocycles. The molecule has 0 atom stereocenters. The molecule has 0 saturated carbocycles. The van der Waals surface area contributed by atoms with Crippen LogP contribution in [0.15, 0.2) is 12.1 Å². The normalized spacial score (nSPS) is 10.0. The molecule has 0 fully saturated rings. The summed E-state index contributed by atoms with van der Waals surface area (Å²) in [4.78, 5) is 0. The molecule has 1 nitrogen and oxygen atoms in total. The molecule has 1 aromatic carbocycles. The van der Waals surface area contributed by atoms with Crippen molar-refractivity contribution in [3.63, 3.8) is 0 Å². The summed E-state index contributed by atoms with van der Waals surface area (Å²) in [6.45, 7) is 12.1. The highest BCUT2D eigenvalue weighted by atomic mass is 16.5. The summed E-state index contributed by atoms with van der Waals surface area (Å²) < 4.78 is 5.29. The van der Waals surface area contributed by atoms with Gasteiger partial charge in [-0.25, -0.2) is 0 Å². The first-order valence-corrected chi connectivity index (χ1v) is 4.87. The van der Waals surface area contributed by atoms with Crippen LogP contribution >= 0.6 is 0 Å². The van der Waals surface area contributed by atoms with E-state index >= 15 is 0 Å². The Kier molecular flexibility index (Phi) is 3.34. The fourth-order valence-corrected chi connectivity index (χ4v) is 1.43. The number of hydrogen-bond acceptors (Lipinski definition) is 1. The average Bonchev–Trinajstić information content (AvgIpc) is 2.20. The molecule has 0 N–H and O–H groups in total. The number of allylic oxidation sites excluding steroid dienone is 1. The van der Waals surface area contributed by atoms with Crippen molar-refractivity contribution in [3.8, 4) is 5.75 Å². The molecule has 0 bridgehead atoms. The van der Waals surface area contributed by atoms with Gasteiger partial charge in [0.05, 0.1) is 7.11 Å². The minimum Gasteiger partial charge on any atom is -0.496 e. The largest absolute Gasteiger partial charge is 0.496 e. The van der Waals surface area contributed by atoms with Crippen LogP contribution < -0.4 is 4.74 Å². The molecule has 0 aliphatic carbocycles. The van der Waals surface area contributed by atoms with Crippen LogP contribution in [0.1, 0.15) is 30.0 Å². The minimum absolute atomic E-state index is 0.867. The summed E-state index contributed by atoms with van der Waals surface area (Å²) in [5, 5.41) is 0. The van der Waals surface area contributed by atoms with E-state index in [2.05, 4.69) is 26.8 Å². The highest BCUT2D eigenvalue weighted by Gasteiger charge is 2.05. The molecule has 0 aliphatic rings. The van der Waals surface area contributed by atoms with Gasteiger partial charge in [-0.3, -0.25) is 0 Å². The Morgan fingerprint density at radius 3 is 2.50 bits per heavy atom. The van der Waals surface area contributed by atoms with Crippen LogP contribution in [-0.2, 0) is 0 Å². The van der Waals surface area contributed by atoms with E-state index in [0.29, 0.717) is 0 Å². The summed E-state index contributed by atoms with van der Waals surface area (Å²) in [6, 6.07) is 4.11. The van der Waals surface area contributed by atoms with E-state index in [-0.39, 0.29) is 0 Å². The molecule has 75 valence electrons. The van der Waals surface area contributed by atoms with Crippen molar-refractivity contribution in [2.24, 2.45) is 0 Å². The Morgan fingerprint density at radius 1 is 1.36 bits per heavy atom. The first-order chi connectivity index (χ1) is 6.60. The van der Waals surface area contributed by atoms with Gasteiger partial charge in [0.1, 0.15) is 5.75 Å². The average molecular weight is 189 g/mol. The molecule has 0 amide bonds. The van der Waals surface area contributed by atoms with Crippen molar-refractivity contribution >= 4 is 5.57 Å². The van der Waals surface area contributed by atoms with E-state index < -0.39 is 0 Å². The van der Waals surface area contributed by atoms with Gasteiger partial charge in [0.15, 0.2) is 0 Å². The van der Waals surface area contributed by atoms with Crippen molar-refractivity contribution in [1.29, 1.82) is 0 Å². The lowest BCUT2D eigenvalue weighted by atomic mass is 9.99. The SMILES string of the molecule is [CH]=C(CC)c1cc(C)c(C)c(OC)c1. The summed E-state index contributed by atoms with van der Waals surface area (Å²) in [6.07, 6.45) is 0.867. The predicted octanol–water partition coefficient (Wildman–Crippen LogP) is 3.54. The third-order valence-corrected chi connectivity index (χ3v) is 2.59. The number of aryl methyl sites for hydroxylation is 1. The third-order valence-electron chi connectivity index (χ3n) is 2.59. The van der Waals surface area contributed by atoms with E-state index in [0.717, 1.165) is 23.3 Å². The lowest BCUT2D eigenvalue weighted by molar-refractivity contribution is 0.411. The maximum atomic E-state index is 5.90. The molecule has 0 aromatic heterocycles. The van der Waals surface area contributed by atoms with Crippen LogP contribution in [0, 0.1) is 20.4 Å². The zero-order chi connectivity index (χ0) is 10.7. The second-order valence-electron chi connectivity index (χ2n) is 3.50. The number of ether oxygens (including phenoxy) is 1. The molecule has 1 rings (SSSR count). The number of benzene rings is 1. The molecule has 14 heavy (non-hydrogen) atoms. The van der Waals surface area contributed by atoms with Gasteiger partial charge in [-0.15, -0.1) is 0 Å². The molecule has 1 aromatic rings. The Labute approximate surface area is 86.4 Å². The lowest BCUT2D eigenvalue weighted by Crippen LogP contribution is -1.93. The summed E-state index contributed by atoms with van der Waals surface area (Å²) in [5.41, 5.74) is 4.38. The highest BCUT2D eigenvalue weighted by molar-refractivity contribution is 5.65. The fourth-order valence-electron chi connectivity index (χ4n) is 1.43. The molecule has 1 radical (unpaired) electrons. The van der Waals surface area contributed by atoms with Crippen LogP contribution in [0.3, 0.4) is 0 Å². The van der Waals surface area contributed by atoms with Gasteiger partial charge in [0.2, 0.25) is 0 Å². The van der Waals surface area contributed by atoms with Crippen LogP contribution in [0.2, 0.25) is 0 Å². The highest BCUT2D eigenvalue weighted by Crippen LogP contribution is 2.27. The van der Waals surface area contributed by atoms with E-state index in [9.17, 15) is 0 Å². The van der Waals surface area contributed by atoms with Gasteiger partial charge in [-0.2, -0.15) is 0 Å². The van der Waals surface area contributed by atoms with E-state index in [1.807, 2.05) is 6.07 Å². The second-order valence-corrected chi connectivity index (χ2v) is 3.50. The fraction of sp³-hybridized carbons (Fsp3) is 0.385. The van der Waals surface area contributed by atoms with Crippen molar-refractivity contribution in [2.75, 3.05) is 7.11 Å². The Balaban J connectivity index is 3.22. The Hall–Kier alpha value is -1.24. The number of hydrogen-bond donors (Lipinski definition) is 0. The van der Waals surface area contributed by atoms with Crippen molar-refractivity contribution < 1.29 is 4.74 Å². The Morgan fingerprint density at radius 2 is 2.00 bits per heavy atom. The van der Waals surface area contributed by atoms with Gasteiger partial charge in [-0.1, -0.05) is 19.6 Å².